The first-order valence-electron chi connectivity index (χ1n) is 8.99. The van der Waals surface area contributed by atoms with Crippen molar-refractivity contribution in [3.63, 3.8) is 0 Å². The summed E-state index contributed by atoms with van der Waals surface area (Å²) in [6.07, 6.45) is 3.53. The topological polar surface area (TPSA) is 57.9 Å². The van der Waals surface area contributed by atoms with Gasteiger partial charge in [-0.05, 0) is 37.0 Å². The lowest BCUT2D eigenvalue weighted by Gasteiger charge is -2.45. The van der Waals surface area contributed by atoms with Crippen molar-refractivity contribution in [3.8, 4) is 5.75 Å². The predicted octanol–water partition coefficient (Wildman–Crippen LogP) is 3.37. The van der Waals surface area contributed by atoms with Crippen LogP contribution in [0.15, 0.2) is 27.4 Å². The molecule has 0 N–H and O–H groups in total. The van der Waals surface area contributed by atoms with Crippen LogP contribution in [0.2, 0.25) is 0 Å². The summed E-state index contributed by atoms with van der Waals surface area (Å²) in [6, 6.07) is 5.73. The van der Waals surface area contributed by atoms with Crippen molar-refractivity contribution in [2.45, 2.75) is 44.3 Å². The maximum atomic E-state index is 12.9. The molecule has 2 aromatic rings. The minimum absolute atomic E-state index is 0.122. The first kappa shape index (κ1) is 15.4. The van der Waals surface area contributed by atoms with Crippen LogP contribution < -0.4 is 10.4 Å². The van der Waals surface area contributed by atoms with Gasteiger partial charge in [-0.1, -0.05) is 6.92 Å². The number of aryl methyl sites for hydroxylation is 1. The standard InChI is InChI=1S/C20H22O5/c1-19-7-5-14-13-4-3-12(22-2)11-16(13)25-18(21)17(14)15(19)6-8-20(19)23-9-10-24-20/h3-4,11,15H,5-10H2,1-2H3/t15-,19-/m0/s1. The number of hydrogen-bond donors (Lipinski definition) is 0. The zero-order valence-electron chi connectivity index (χ0n) is 14.6. The van der Waals surface area contributed by atoms with Gasteiger partial charge < -0.3 is 18.6 Å². The largest absolute Gasteiger partial charge is 0.497 e. The number of hydrogen-bond acceptors (Lipinski definition) is 5. The first-order chi connectivity index (χ1) is 12.1. The normalized spacial score (nSPS) is 29.8. The van der Waals surface area contributed by atoms with Crippen LogP contribution in [0.1, 0.15) is 43.2 Å². The molecule has 0 bridgehead atoms. The van der Waals surface area contributed by atoms with Crippen molar-refractivity contribution < 1.29 is 18.6 Å². The first-order valence-corrected chi connectivity index (χ1v) is 8.99. The summed E-state index contributed by atoms with van der Waals surface area (Å²) in [5.41, 5.74) is 2.18. The molecule has 25 heavy (non-hydrogen) atoms. The Labute approximate surface area is 145 Å². The van der Waals surface area contributed by atoms with Gasteiger partial charge in [-0.15, -0.1) is 0 Å². The fourth-order valence-electron chi connectivity index (χ4n) is 5.35. The fourth-order valence-corrected chi connectivity index (χ4v) is 5.35. The van der Waals surface area contributed by atoms with Crippen LogP contribution in [0.25, 0.3) is 11.0 Å². The Morgan fingerprint density at radius 2 is 2.00 bits per heavy atom. The Balaban J connectivity index is 1.70. The van der Waals surface area contributed by atoms with Gasteiger partial charge in [0.2, 0.25) is 0 Å². The Morgan fingerprint density at radius 1 is 1.20 bits per heavy atom. The van der Waals surface area contributed by atoms with E-state index in [1.807, 2.05) is 12.1 Å². The maximum absolute atomic E-state index is 12.9. The van der Waals surface area contributed by atoms with E-state index in [1.165, 1.54) is 0 Å². The molecule has 0 radical (unpaired) electrons. The van der Waals surface area contributed by atoms with E-state index in [-0.39, 0.29) is 17.0 Å². The second-order valence-electron chi connectivity index (χ2n) is 7.60. The number of ether oxygens (including phenoxy) is 3. The summed E-state index contributed by atoms with van der Waals surface area (Å²) in [4.78, 5) is 12.9. The average molecular weight is 342 g/mol. The number of rotatable bonds is 1. The molecule has 2 heterocycles. The molecule has 5 heteroatoms. The lowest BCUT2D eigenvalue weighted by atomic mass is 9.65. The van der Waals surface area contributed by atoms with Crippen LogP contribution in [-0.2, 0) is 15.9 Å². The van der Waals surface area contributed by atoms with Crippen LogP contribution in [0.5, 0.6) is 5.75 Å². The van der Waals surface area contributed by atoms with Crippen molar-refractivity contribution in [2.75, 3.05) is 20.3 Å². The lowest BCUT2D eigenvalue weighted by Crippen LogP contribution is -2.48. The molecule has 0 amide bonds. The SMILES string of the molecule is COc1ccc2c3c(c(=O)oc2c1)[C@@H]1CCC2(OCCO2)[C@@]1(C)CC3. The monoisotopic (exact) mass is 342 g/mol. The highest BCUT2D eigenvalue weighted by atomic mass is 16.7. The molecule has 1 saturated carbocycles. The Hall–Kier alpha value is -1.85. The number of benzene rings is 1. The van der Waals surface area contributed by atoms with E-state index in [9.17, 15) is 4.79 Å². The molecule has 0 unspecified atom stereocenters. The third-order valence-corrected chi connectivity index (χ3v) is 6.66. The van der Waals surface area contributed by atoms with Gasteiger partial charge in [0.1, 0.15) is 11.3 Å². The number of methoxy groups -OCH3 is 1. The van der Waals surface area contributed by atoms with Crippen LogP contribution in [0, 0.1) is 5.41 Å². The molecule has 2 aliphatic carbocycles. The molecule has 1 aliphatic heterocycles. The zero-order chi connectivity index (χ0) is 17.2. The average Bonchev–Trinajstić information content (AvgIpc) is 3.21. The van der Waals surface area contributed by atoms with E-state index in [2.05, 4.69) is 6.92 Å². The third kappa shape index (κ3) is 1.88. The van der Waals surface area contributed by atoms with Crippen LogP contribution >= 0.6 is 0 Å². The van der Waals surface area contributed by atoms with Crippen LogP contribution in [0.4, 0.5) is 0 Å². The summed E-state index contributed by atoms with van der Waals surface area (Å²) >= 11 is 0. The summed E-state index contributed by atoms with van der Waals surface area (Å²) in [5.74, 6) is 0.289. The molecule has 1 saturated heterocycles. The Bertz CT molecular complexity index is 908. The van der Waals surface area contributed by atoms with Crippen molar-refractivity contribution in [1.29, 1.82) is 0 Å². The highest BCUT2D eigenvalue weighted by Crippen LogP contribution is 2.62. The molecule has 1 spiro atoms. The second-order valence-corrected chi connectivity index (χ2v) is 7.60. The Morgan fingerprint density at radius 3 is 2.76 bits per heavy atom. The second kappa shape index (κ2) is 5.08. The van der Waals surface area contributed by atoms with Gasteiger partial charge >= 0.3 is 5.63 Å². The highest BCUT2D eigenvalue weighted by Gasteiger charge is 2.63. The van der Waals surface area contributed by atoms with Gasteiger partial charge in [0.25, 0.3) is 0 Å². The fraction of sp³-hybridized carbons (Fsp3) is 0.550. The molecule has 2 fully saturated rings. The maximum Gasteiger partial charge on any atom is 0.340 e. The lowest BCUT2D eigenvalue weighted by molar-refractivity contribution is -0.222. The minimum atomic E-state index is -0.531. The smallest absolute Gasteiger partial charge is 0.340 e. The molecular formula is C20H22O5. The van der Waals surface area contributed by atoms with Gasteiger partial charge in [0.05, 0.1) is 20.3 Å². The minimum Gasteiger partial charge on any atom is -0.497 e. The van der Waals surface area contributed by atoms with E-state index in [0.717, 1.165) is 42.2 Å². The predicted molar refractivity (Wildman–Crippen MR) is 92.1 cm³/mol. The van der Waals surface area contributed by atoms with Crippen molar-refractivity contribution in [2.24, 2.45) is 5.41 Å². The molecular weight excluding hydrogens is 320 g/mol. The highest BCUT2D eigenvalue weighted by molar-refractivity contribution is 5.83. The van der Waals surface area contributed by atoms with E-state index >= 15 is 0 Å². The molecule has 1 aromatic carbocycles. The summed E-state index contributed by atoms with van der Waals surface area (Å²) < 4.78 is 23.1. The van der Waals surface area contributed by atoms with Gasteiger partial charge in [0.15, 0.2) is 5.79 Å². The van der Waals surface area contributed by atoms with Crippen molar-refractivity contribution in [3.05, 3.63) is 39.7 Å². The molecule has 5 nitrogen and oxygen atoms in total. The van der Waals surface area contributed by atoms with E-state index in [1.54, 1.807) is 13.2 Å². The van der Waals surface area contributed by atoms with Crippen molar-refractivity contribution in [1.82, 2.24) is 0 Å². The van der Waals surface area contributed by atoms with Gasteiger partial charge in [0, 0.05) is 34.8 Å². The van der Waals surface area contributed by atoms with Crippen molar-refractivity contribution >= 4 is 11.0 Å². The zero-order valence-corrected chi connectivity index (χ0v) is 14.6. The third-order valence-electron chi connectivity index (χ3n) is 6.66. The van der Waals surface area contributed by atoms with E-state index < -0.39 is 5.79 Å². The summed E-state index contributed by atoms with van der Waals surface area (Å²) in [5, 5.41) is 1.02. The van der Waals surface area contributed by atoms with Gasteiger partial charge in [-0.3, -0.25) is 0 Å². The summed E-state index contributed by atoms with van der Waals surface area (Å²) in [6.45, 7) is 3.50. The summed E-state index contributed by atoms with van der Waals surface area (Å²) in [7, 11) is 1.61. The molecule has 2 atom stereocenters. The molecule has 3 aliphatic rings. The van der Waals surface area contributed by atoms with Crippen LogP contribution in [0.3, 0.4) is 0 Å². The molecule has 132 valence electrons. The quantitative estimate of drug-likeness (QED) is 0.744. The van der Waals surface area contributed by atoms with Gasteiger partial charge in [-0.2, -0.15) is 0 Å². The Kier molecular flexibility index (Phi) is 3.13. The van der Waals surface area contributed by atoms with Crippen LogP contribution in [-0.4, -0.2) is 26.1 Å². The number of fused-ring (bicyclic) bond motifs is 6. The van der Waals surface area contributed by atoms with E-state index in [0.29, 0.717) is 24.5 Å². The molecule has 5 rings (SSSR count). The molecule has 1 aromatic heterocycles. The van der Waals surface area contributed by atoms with Gasteiger partial charge in [-0.25, -0.2) is 4.79 Å². The van der Waals surface area contributed by atoms with E-state index in [4.69, 9.17) is 18.6 Å².